The second-order valence-corrected chi connectivity index (χ2v) is 10.2. The summed E-state index contributed by atoms with van der Waals surface area (Å²) in [6.45, 7) is -1.03. The molecular weight excluding hydrogens is 496 g/mol. The van der Waals surface area contributed by atoms with Crippen molar-refractivity contribution in [2.45, 2.75) is 38.6 Å². The molecule has 0 aliphatic heterocycles. The van der Waals surface area contributed by atoms with Crippen LogP contribution in [0, 0.1) is 5.92 Å². The molecular formula is C32H35ClN2O3. The van der Waals surface area contributed by atoms with Gasteiger partial charge in [0, 0.05) is 42.5 Å². The third kappa shape index (κ3) is 6.84. The third-order valence-corrected chi connectivity index (χ3v) is 7.27. The summed E-state index contributed by atoms with van der Waals surface area (Å²) in [4.78, 5) is 29.1. The smallest absolute Gasteiger partial charge is 0.330 e. The molecule has 38 heavy (non-hydrogen) atoms. The Hall–Kier alpha value is -3.57. The summed E-state index contributed by atoms with van der Waals surface area (Å²) < 4.78 is 13.9. The number of carbonyl (C=O) groups is 2. The zero-order valence-electron chi connectivity index (χ0n) is 23.2. The number of methoxy groups -OCH3 is 1. The van der Waals surface area contributed by atoms with Gasteiger partial charge in [0.05, 0.1) is 15.0 Å². The predicted octanol–water partition coefficient (Wildman–Crippen LogP) is 7.37. The zero-order valence-corrected chi connectivity index (χ0v) is 22.9. The van der Waals surface area contributed by atoms with Crippen LogP contribution in [0.15, 0.2) is 72.8 Å². The topological polar surface area (TPSA) is 49.9 Å². The molecule has 1 saturated carbocycles. The molecule has 3 aromatic carbocycles. The summed E-state index contributed by atoms with van der Waals surface area (Å²) in [5.41, 5.74) is 4.96. The number of nitrogens with zero attached hydrogens (tertiary/aromatic N) is 2. The Balaban J connectivity index is 1.68. The molecule has 0 saturated heterocycles. The molecule has 198 valence electrons. The van der Waals surface area contributed by atoms with Gasteiger partial charge in [0.2, 0.25) is 5.91 Å². The van der Waals surface area contributed by atoms with E-state index in [1.54, 1.807) is 11.0 Å². The molecule has 4 rings (SSSR count). The van der Waals surface area contributed by atoms with Gasteiger partial charge in [-0.1, -0.05) is 67.3 Å². The van der Waals surface area contributed by atoms with Gasteiger partial charge in [-0.2, -0.15) is 0 Å². The third-order valence-electron chi connectivity index (χ3n) is 6.94. The monoisotopic (exact) mass is 531 g/mol. The highest BCUT2D eigenvalue weighted by molar-refractivity contribution is 6.31. The summed E-state index contributed by atoms with van der Waals surface area (Å²) in [7, 11) is 5.33. The Morgan fingerprint density at radius 3 is 2.34 bits per heavy atom. The number of halogens is 1. The molecule has 3 aromatic rings. The zero-order chi connectivity index (χ0) is 27.9. The Morgan fingerprint density at radius 1 is 0.974 bits per heavy atom. The van der Waals surface area contributed by atoms with Crippen LogP contribution in [-0.2, 0) is 20.8 Å². The number of esters is 1. The Bertz CT molecular complexity index is 1330. The number of amides is 1. The molecule has 1 aliphatic rings. The number of ether oxygens (including phenoxy) is 1. The van der Waals surface area contributed by atoms with Crippen LogP contribution < -0.4 is 9.80 Å². The van der Waals surface area contributed by atoms with Crippen molar-refractivity contribution in [2.24, 2.45) is 5.92 Å². The van der Waals surface area contributed by atoms with Crippen LogP contribution in [0.5, 0.6) is 0 Å². The largest absolute Gasteiger partial charge is 0.466 e. The minimum absolute atomic E-state index is 0.0665. The predicted molar refractivity (Wildman–Crippen MR) is 156 cm³/mol. The summed E-state index contributed by atoms with van der Waals surface area (Å²) in [5, 5.41) is 0.437. The molecule has 6 heteroatoms. The number of hydrogen-bond donors (Lipinski definition) is 0. The lowest BCUT2D eigenvalue weighted by atomic mass is 9.88. The van der Waals surface area contributed by atoms with Crippen molar-refractivity contribution in [1.82, 2.24) is 0 Å². The first kappa shape index (κ1) is 26.1. The van der Waals surface area contributed by atoms with E-state index in [9.17, 15) is 11.0 Å². The van der Waals surface area contributed by atoms with Crippen LogP contribution in [0.3, 0.4) is 0 Å². The SMILES string of the molecule is [2H]C(c1ccc(-c2ccc(N(C)C)cc2)cc1Cl)N(C(=O)C1CCCCC1)c1cccc(/C=C/C(=O)OC)c1. The first-order valence-electron chi connectivity index (χ1n) is 13.5. The standard InChI is InChI=1S/C32H35ClN2O3/c1-34(2)28-17-15-24(16-18-28)26-13-14-27(30(33)21-26)22-35(32(37)25-9-5-4-6-10-25)29-11-7-8-23(20-29)12-19-31(36)38-3/h7-8,11-21,25H,4-6,9-10,22H2,1-3H3/b19-12+/i22D. The van der Waals surface area contributed by atoms with Gasteiger partial charge in [-0.3, -0.25) is 4.79 Å². The molecule has 1 atom stereocenters. The average molecular weight is 532 g/mol. The summed E-state index contributed by atoms with van der Waals surface area (Å²) >= 11 is 6.78. The van der Waals surface area contributed by atoms with Gasteiger partial charge < -0.3 is 14.5 Å². The van der Waals surface area contributed by atoms with Crippen LogP contribution in [0.4, 0.5) is 11.4 Å². The van der Waals surface area contributed by atoms with E-state index in [1.165, 1.54) is 13.2 Å². The van der Waals surface area contributed by atoms with Crippen molar-refractivity contribution in [3.8, 4) is 11.1 Å². The highest BCUT2D eigenvalue weighted by atomic mass is 35.5. The Kier molecular flexibility index (Phi) is 8.77. The highest BCUT2D eigenvalue weighted by Crippen LogP contribution is 2.32. The van der Waals surface area contributed by atoms with Crippen molar-refractivity contribution in [3.63, 3.8) is 0 Å². The van der Waals surface area contributed by atoms with E-state index >= 15 is 0 Å². The molecule has 0 spiro atoms. The van der Waals surface area contributed by atoms with Gasteiger partial charge in [-0.25, -0.2) is 4.79 Å². The fraction of sp³-hybridized carbons (Fsp3) is 0.312. The molecule has 1 unspecified atom stereocenters. The number of carbonyl (C=O) groups excluding carboxylic acids is 2. The van der Waals surface area contributed by atoms with Gasteiger partial charge in [-0.15, -0.1) is 0 Å². The van der Waals surface area contributed by atoms with Crippen LogP contribution in [0.1, 0.15) is 44.6 Å². The van der Waals surface area contributed by atoms with Crippen molar-refractivity contribution in [3.05, 3.63) is 89.0 Å². The molecule has 1 aliphatic carbocycles. The lowest BCUT2D eigenvalue weighted by molar-refractivity contribution is -0.134. The minimum Gasteiger partial charge on any atom is -0.466 e. The molecule has 0 aromatic heterocycles. The molecule has 0 heterocycles. The lowest BCUT2D eigenvalue weighted by Gasteiger charge is -2.30. The number of hydrogen-bond acceptors (Lipinski definition) is 4. The van der Waals surface area contributed by atoms with Gasteiger partial charge in [0.25, 0.3) is 0 Å². The van der Waals surface area contributed by atoms with E-state index in [-0.39, 0.29) is 11.8 Å². The van der Waals surface area contributed by atoms with Gasteiger partial charge in [-0.05, 0) is 71.5 Å². The van der Waals surface area contributed by atoms with E-state index < -0.39 is 12.5 Å². The van der Waals surface area contributed by atoms with Crippen molar-refractivity contribution in [2.75, 3.05) is 31.0 Å². The quantitative estimate of drug-likeness (QED) is 0.225. The van der Waals surface area contributed by atoms with E-state index in [4.69, 9.17) is 16.3 Å². The van der Waals surface area contributed by atoms with Crippen molar-refractivity contribution in [1.29, 1.82) is 0 Å². The van der Waals surface area contributed by atoms with Crippen LogP contribution in [0.2, 0.25) is 5.02 Å². The number of benzene rings is 3. The molecule has 5 nitrogen and oxygen atoms in total. The van der Waals surface area contributed by atoms with E-state index in [2.05, 4.69) is 12.1 Å². The maximum Gasteiger partial charge on any atom is 0.330 e. The Morgan fingerprint density at radius 2 is 1.68 bits per heavy atom. The summed E-state index contributed by atoms with van der Waals surface area (Å²) in [5.74, 6) is -0.658. The van der Waals surface area contributed by atoms with Crippen LogP contribution in [0.25, 0.3) is 17.2 Å². The van der Waals surface area contributed by atoms with Crippen LogP contribution >= 0.6 is 11.6 Å². The average Bonchev–Trinajstić information content (AvgIpc) is 2.96. The summed E-state index contributed by atoms with van der Waals surface area (Å²) in [6.07, 6.45) is 7.77. The normalized spacial score (nSPS) is 15.1. The molecule has 0 radical (unpaired) electrons. The van der Waals surface area contributed by atoms with Gasteiger partial charge >= 0.3 is 5.97 Å². The second-order valence-electron chi connectivity index (χ2n) is 9.80. The number of rotatable bonds is 8. The minimum atomic E-state index is -1.03. The second kappa shape index (κ2) is 12.8. The van der Waals surface area contributed by atoms with Crippen LogP contribution in [-0.4, -0.2) is 33.1 Å². The highest BCUT2D eigenvalue weighted by Gasteiger charge is 2.27. The molecule has 0 N–H and O–H groups in total. The molecule has 0 bridgehead atoms. The first-order valence-corrected chi connectivity index (χ1v) is 13.3. The van der Waals surface area contributed by atoms with Crippen molar-refractivity contribution >= 4 is 40.9 Å². The number of anilines is 2. The molecule has 1 fully saturated rings. The first-order chi connectivity index (χ1) is 18.8. The maximum atomic E-state index is 13.9. The fourth-order valence-corrected chi connectivity index (χ4v) is 4.95. The van der Waals surface area contributed by atoms with Gasteiger partial charge in [0.1, 0.15) is 0 Å². The van der Waals surface area contributed by atoms with E-state index in [0.29, 0.717) is 16.3 Å². The molecule has 1 amide bonds. The fourth-order valence-electron chi connectivity index (χ4n) is 4.72. The lowest BCUT2D eigenvalue weighted by Crippen LogP contribution is -2.36. The summed E-state index contributed by atoms with van der Waals surface area (Å²) in [6, 6.07) is 21.2. The van der Waals surface area contributed by atoms with Gasteiger partial charge in [0.15, 0.2) is 0 Å². The van der Waals surface area contributed by atoms with E-state index in [0.717, 1.165) is 54.5 Å². The maximum absolute atomic E-state index is 13.9. The van der Waals surface area contributed by atoms with Crippen molar-refractivity contribution < 1.29 is 15.7 Å². The van der Waals surface area contributed by atoms with E-state index in [1.807, 2.05) is 73.6 Å². The Labute approximate surface area is 232 Å².